The molecule has 94 valence electrons. The van der Waals surface area contributed by atoms with Crippen molar-refractivity contribution in [3.8, 4) is 0 Å². The average molecular weight is 272 g/mol. The predicted molar refractivity (Wildman–Crippen MR) is 71.8 cm³/mol. The Hall–Kier alpha value is -1.01. The van der Waals surface area contributed by atoms with Crippen LogP contribution in [0.3, 0.4) is 0 Å². The highest BCUT2D eigenvalue weighted by Crippen LogP contribution is 2.16. The van der Waals surface area contributed by atoms with E-state index >= 15 is 0 Å². The summed E-state index contributed by atoms with van der Waals surface area (Å²) >= 11 is 5.42. The van der Waals surface area contributed by atoms with Gasteiger partial charge < -0.3 is 10.6 Å². The molecule has 17 heavy (non-hydrogen) atoms. The number of carbonyl (C=O) groups excluding carboxylic acids is 2. The van der Waals surface area contributed by atoms with E-state index in [0.29, 0.717) is 17.3 Å². The van der Waals surface area contributed by atoms with Crippen LogP contribution >= 0.6 is 24.0 Å². The Morgan fingerprint density at radius 2 is 2.12 bits per heavy atom. The van der Waals surface area contributed by atoms with Crippen LogP contribution in [0.25, 0.3) is 0 Å². The Labute approximate surface area is 110 Å². The van der Waals surface area contributed by atoms with Crippen molar-refractivity contribution in [3.05, 3.63) is 16.3 Å². The van der Waals surface area contributed by atoms with Crippen molar-refractivity contribution >= 4 is 35.8 Å². The topological polar surface area (TPSA) is 58.2 Å². The fourth-order valence-corrected chi connectivity index (χ4v) is 2.14. The zero-order valence-electron chi connectivity index (χ0n) is 9.82. The van der Waals surface area contributed by atoms with Crippen molar-refractivity contribution in [1.82, 2.24) is 10.6 Å². The van der Waals surface area contributed by atoms with E-state index in [1.807, 2.05) is 13.8 Å². The molecule has 0 aliphatic heterocycles. The Morgan fingerprint density at radius 1 is 1.41 bits per heavy atom. The first-order valence-corrected chi connectivity index (χ1v) is 6.64. The molecular weight excluding hydrogens is 256 g/mol. The molecule has 0 unspecified atom stereocenters. The minimum Gasteiger partial charge on any atom is -0.354 e. The molecule has 6 heteroatoms. The van der Waals surface area contributed by atoms with Gasteiger partial charge in [0.25, 0.3) is 5.91 Å². The van der Waals surface area contributed by atoms with Crippen molar-refractivity contribution in [2.24, 2.45) is 5.92 Å². The number of amides is 2. The van der Waals surface area contributed by atoms with Crippen LogP contribution < -0.4 is 10.6 Å². The van der Waals surface area contributed by atoms with E-state index in [1.165, 1.54) is 11.3 Å². The molecule has 1 aromatic heterocycles. The van der Waals surface area contributed by atoms with Crippen LogP contribution in [0.1, 0.15) is 23.5 Å². The Balaban J connectivity index is 2.31. The van der Waals surface area contributed by atoms with E-state index in [4.69, 9.17) is 0 Å². The van der Waals surface area contributed by atoms with E-state index in [0.717, 1.165) is 4.90 Å². The van der Waals surface area contributed by atoms with Crippen LogP contribution in [-0.2, 0) is 4.79 Å². The normalized spacial score (nSPS) is 10.4. The standard InChI is InChI=1S/C11H16N2O2S2/c1-7(2)4-12-10(14)5-13-11(15)9-3-8(16)6-17-9/h3,6-7,16H,4-5H2,1-2H3,(H,12,14)(H,13,15). The van der Waals surface area contributed by atoms with Gasteiger partial charge in [0.2, 0.25) is 5.91 Å². The molecule has 1 aromatic rings. The molecule has 1 rings (SSSR count). The Morgan fingerprint density at radius 3 is 2.65 bits per heavy atom. The first kappa shape index (κ1) is 14.1. The fraction of sp³-hybridized carbons (Fsp3) is 0.455. The van der Waals surface area contributed by atoms with E-state index in [-0.39, 0.29) is 18.4 Å². The predicted octanol–water partition coefficient (Wildman–Crippen LogP) is 1.54. The number of hydrogen-bond donors (Lipinski definition) is 3. The molecule has 0 aliphatic carbocycles. The largest absolute Gasteiger partial charge is 0.354 e. The molecule has 0 spiro atoms. The lowest BCUT2D eigenvalue weighted by Crippen LogP contribution is -2.38. The highest BCUT2D eigenvalue weighted by Gasteiger charge is 2.09. The quantitative estimate of drug-likeness (QED) is 0.712. The van der Waals surface area contributed by atoms with Gasteiger partial charge in [0, 0.05) is 16.8 Å². The van der Waals surface area contributed by atoms with Gasteiger partial charge in [-0.25, -0.2) is 0 Å². The molecule has 4 nitrogen and oxygen atoms in total. The summed E-state index contributed by atoms with van der Waals surface area (Å²) in [4.78, 5) is 24.3. The van der Waals surface area contributed by atoms with Gasteiger partial charge in [0.15, 0.2) is 0 Å². The number of thiol groups is 1. The molecule has 1 heterocycles. The van der Waals surface area contributed by atoms with Gasteiger partial charge in [0.1, 0.15) is 0 Å². The van der Waals surface area contributed by atoms with Crippen molar-refractivity contribution in [1.29, 1.82) is 0 Å². The summed E-state index contributed by atoms with van der Waals surface area (Å²) in [6.45, 7) is 4.65. The third-order valence-electron chi connectivity index (χ3n) is 1.93. The number of nitrogens with one attached hydrogen (secondary N) is 2. The zero-order valence-corrected chi connectivity index (χ0v) is 11.5. The van der Waals surface area contributed by atoms with E-state index in [1.54, 1.807) is 11.4 Å². The summed E-state index contributed by atoms with van der Waals surface area (Å²) in [6, 6.07) is 1.68. The lowest BCUT2D eigenvalue weighted by atomic mass is 10.2. The van der Waals surface area contributed by atoms with Gasteiger partial charge in [-0.05, 0) is 12.0 Å². The molecule has 0 aliphatic rings. The van der Waals surface area contributed by atoms with E-state index < -0.39 is 0 Å². The third kappa shape index (κ3) is 5.23. The summed E-state index contributed by atoms with van der Waals surface area (Å²) < 4.78 is 0. The second kappa shape index (κ2) is 6.66. The molecule has 0 fully saturated rings. The molecule has 0 bridgehead atoms. The second-order valence-corrected chi connectivity index (χ2v) is 5.48. The lowest BCUT2D eigenvalue weighted by molar-refractivity contribution is -0.120. The summed E-state index contributed by atoms with van der Waals surface area (Å²) in [5.41, 5.74) is 0. The molecule has 2 N–H and O–H groups in total. The minimum atomic E-state index is -0.241. The summed E-state index contributed by atoms with van der Waals surface area (Å²) in [7, 11) is 0. The minimum absolute atomic E-state index is 0.00532. The SMILES string of the molecule is CC(C)CNC(=O)CNC(=O)c1cc(S)cs1. The van der Waals surface area contributed by atoms with Crippen molar-refractivity contribution in [2.75, 3.05) is 13.1 Å². The van der Waals surface area contributed by atoms with Crippen molar-refractivity contribution in [3.63, 3.8) is 0 Å². The molecule has 2 amide bonds. The van der Waals surface area contributed by atoms with Gasteiger partial charge >= 0.3 is 0 Å². The van der Waals surface area contributed by atoms with Crippen LogP contribution in [0.15, 0.2) is 16.3 Å². The van der Waals surface area contributed by atoms with Crippen LogP contribution in [0.4, 0.5) is 0 Å². The monoisotopic (exact) mass is 272 g/mol. The van der Waals surface area contributed by atoms with Crippen molar-refractivity contribution in [2.45, 2.75) is 18.7 Å². The maximum Gasteiger partial charge on any atom is 0.261 e. The molecule has 0 radical (unpaired) electrons. The van der Waals surface area contributed by atoms with Crippen LogP contribution in [0, 0.1) is 5.92 Å². The fourth-order valence-electron chi connectivity index (χ4n) is 1.07. The summed E-state index contributed by atoms with van der Waals surface area (Å²) in [5.74, 6) is -0.0108. The number of rotatable bonds is 5. The van der Waals surface area contributed by atoms with Crippen LogP contribution in [0.5, 0.6) is 0 Å². The molecule has 0 saturated heterocycles. The molecule has 0 aromatic carbocycles. The van der Waals surface area contributed by atoms with E-state index in [2.05, 4.69) is 23.3 Å². The van der Waals surface area contributed by atoms with Gasteiger partial charge in [0.05, 0.1) is 11.4 Å². The number of thiophene rings is 1. The first-order valence-electron chi connectivity index (χ1n) is 5.31. The van der Waals surface area contributed by atoms with Gasteiger partial charge in [-0.2, -0.15) is 0 Å². The summed E-state index contributed by atoms with van der Waals surface area (Å²) in [5, 5.41) is 7.06. The first-order chi connectivity index (χ1) is 7.99. The van der Waals surface area contributed by atoms with Crippen LogP contribution in [0.2, 0.25) is 0 Å². The Kier molecular flexibility index (Phi) is 5.50. The molecule has 0 saturated carbocycles. The van der Waals surface area contributed by atoms with Gasteiger partial charge in [-0.15, -0.1) is 24.0 Å². The number of hydrogen-bond acceptors (Lipinski definition) is 4. The second-order valence-electron chi connectivity index (χ2n) is 4.05. The smallest absolute Gasteiger partial charge is 0.261 e. The molecule has 0 atom stereocenters. The van der Waals surface area contributed by atoms with Crippen LogP contribution in [-0.4, -0.2) is 24.9 Å². The highest BCUT2D eigenvalue weighted by molar-refractivity contribution is 7.80. The zero-order chi connectivity index (χ0) is 12.8. The average Bonchev–Trinajstić information content (AvgIpc) is 2.70. The Bertz CT molecular complexity index is 402. The van der Waals surface area contributed by atoms with Gasteiger partial charge in [-0.3, -0.25) is 9.59 Å². The number of carbonyl (C=O) groups is 2. The maximum absolute atomic E-state index is 11.6. The van der Waals surface area contributed by atoms with E-state index in [9.17, 15) is 9.59 Å². The van der Waals surface area contributed by atoms with Gasteiger partial charge in [-0.1, -0.05) is 13.8 Å². The summed E-state index contributed by atoms with van der Waals surface area (Å²) in [6.07, 6.45) is 0. The molecular formula is C11H16N2O2S2. The van der Waals surface area contributed by atoms with Crippen molar-refractivity contribution < 1.29 is 9.59 Å². The third-order valence-corrected chi connectivity index (χ3v) is 3.29. The highest BCUT2D eigenvalue weighted by atomic mass is 32.1. The maximum atomic E-state index is 11.6. The lowest BCUT2D eigenvalue weighted by Gasteiger charge is -2.07.